The number of hydrogen-bond acceptors (Lipinski definition) is 1. The molecule has 0 N–H and O–H groups in total. The Morgan fingerprint density at radius 1 is 1.38 bits per heavy atom. The van der Waals surface area contributed by atoms with Gasteiger partial charge in [-0.05, 0) is 25.4 Å². The summed E-state index contributed by atoms with van der Waals surface area (Å²) in [6.45, 7) is 16.1. The predicted octanol–water partition coefficient (Wildman–Crippen LogP) is 2.40. The van der Waals surface area contributed by atoms with E-state index < -0.39 is 0 Å². The maximum Gasteiger partial charge on any atom is 2.00 e. The Morgan fingerprint density at radius 2 is 1.92 bits per heavy atom. The molecule has 1 heterocycles. The second kappa shape index (κ2) is 8.71. The molecule has 0 aromatic rings. The smallest absolute Gasteiger partial charge is 0.346 e. The van der Waals surface area contributed by atoms with E-state index in [4.69, 9.17) is 0 Å². The Hall–Kier alpha value is 0.129. The monoisotopic (exact) mass is 178 g/mol. The first kappa shape index (κ1) is 15.6. The molecule has 0 spiro atoms. The van der Waals surface area contributed by atoms with E-state index in [9.17, 15) is 0 Å². The SMILES string of the molecule is [Be+2].[CH2-]C.[CH2-]C1CCCN1CC(C)C. The van der Waals surface area contributed by atoms with Gasteiger partial charge >= 0.3 is 10.1 Å². The van der Waals surface area contributed by atoms with Gasteiger partial charge in [0.25, 0.3) is 0 Å². The van der Waals surface area contributed by atoms with Gasteiger partial charge in [-0.3, -0.25) is 0 Å². The molecule has 0 saturated carbocycles. The fourth-order valence-corrected chi connectivity index (χ4v) is 1.60. The van der Waals surface area contributed by atoms with Crippen LogP contribution in [0.1, 0.15) is 33.6 Å². The van der Waals surface area contributed by atoms with Crippen LogP contribution in [-0.4, -0.2) is 34.2 Å². The van der Waals surface area contributed by atoms with Gasteiger partial charge in [0.1, 0.15) is 0 Å². The maximum atomic E-state index is 4.10. The van der Waals surface area contributed by atoms with E-state index in [2.05, 4.69) is 32.6 Å². The fraction of sp³-hybridized carbons (Fsp3) is 0.818. The molecule has 0 aromatic heterocycles. The molecule has 0 amide bonds. The zero-order chi connectivity index (χ0) is 9.56. The third-order valence-electron chi connectivity index (χ3n) is 2.10. The van der Waals surface area contributed by atoms with Crippen molar-refractivity contribution < 1.29 is 0 Å². The zero-order valence-electron chi connectivity index (χ0n) is 9.55. The van der Waals surface area contributed by atoms with Crippen LogP contribution in [0.25, 0.3) is 0 Å². The summed E-state index contributed by atoms with van der Waals surface area (Å²) in [6, 6.07) is 0.599. The largest absolute Gasteiger partial charge is 2.00 e. The van der Waals surface area contributed by atoms with Crippen molar-refractivity contribution in [1.29, 1.82) is 0 Å². The summed E-state index contributed by atoms with van der Waals surface area (Å²) in [4.78, 5) is 2.49. The van der Waals surface area contributed by atoms with Crippen molar-refractivity contribution in [2.45, 2.75) is 39.7 Å². The molecule has 1 rings (SSSR count). The summed E-state index contributed by atoms with van der Waals surface area (Å²) in [5.41, 5.74) is 0. The first-order valence-electron chi connectivity index (χ1n) is 4.98. The predicted molar refractivity (Wildman–Crippen MR) is 61.6 cm³/mol. The maximum absolute atomic E-state index is 4.10. The molecule has 1 fully saturated rings. The van der Waals surface area contributed by atoms with Crippen molar-refractivity contribution in [1.82, 2.24) is 4.90 Å². The van der Waals surface area contributed by atoms with Crippen LogP contribution in [0.5, 0.6) is 0 Å². The normalized spacial score (nSPS) is 22.2. The van der Waals surface area contributed by atoms with Gasteiger partial charge in [-0.25, -0.2) is 0 Å². The van der Waals surface area contributed by atoms with Crippen molar-refractivity contribution in [2.24, 2.45) is 5.92 Å². The minimum absolute atomic E-state index is 0. The minimum atomic E-state index is 0. The molecule has 1 unspecified atom stereocenters. The number of likely N-dealkylation sites (tertiary alicyclic amines) is 1. The quantitative estimate of drug-likeness (QED) is 0.463. The van der Waals surface area contributed by atoms with Crippen LogP contribution in [-0.2, 0) is 0 Å². The first-order valence-corrected chi connectivity index (χ1v) is 4.98. The van der Waals surface area contributed by atoms with Crippen molar-refractivity contribution >= 4 is 10.1 Å². The van der Waals surface area contributed by atoms with Crippen molar-refractivity contribution in [3.63, 3.8) is 0 Å². The van der Waals surface area contributed by atoms with Crippen LogP contribution in [0.4, 0.5) is 0 Å². The zero-order valence-corrected chi connectivity index (χ0v) is 9.55. The summed E-state index contributed by atoms with van der Waals surface area (Å²) < 4.78 is 0. The summed E-state index contributed by atoms with van der Waals surface area (Å²) in [5, 5.41) is 0. The Bertz CT molecular complexity index is 104. The Labute approximate surface area is 88.1 Å². The van der Waals surface area contributed by atoms with Gasteiger partial charge < -0.3 is 18.7 Å². The molecule has 1 nitrogen and oxygen atoms in total. The van der Waals surface area contributed by atoms with Crippen LogP contribution >= 0.6 is 0 Å². The number of hydrogen-bond donors (Lipinski definition) is 0. The summed E-state index contributed by atoms with van der Waals surface area (Å²) in [6.07, 6.45) is 2.65. The van der Waals surface area contributed by atoms with Crippen LogP contribution in [0.3, 0.4) is 0 Å². The molecule has 1 saturated heterocycles. The van der Waals surface area contributed by atoms with Gasteiger partial charge in [-0.1, -0.05) is 20.3 Å². The van der Waals surface area contributed by atoms with Gasteiger partial charge in [0.05, 0.1) is 0 Å². The van der Waals surface area contributed by atoms with Crippen molar-refractivity contribution in [3.8, 4) is 0 Å². The summed E-state index contributed by atoms with van der Waals surface area (Å²) >= 11 is 0. The second-order valence-corrected chi connectivity index (χ2v) is 3.68. The second-order valence-electron chi connectivity index (χ2n) is 3.68. The van der Waals surface area contributed by atoms with E-state index in [0.717, 1.165) is 5.92 Å². The van der Waals surface area contributed by atoms with E-state index in [0.29, 0.717) is 6.04 Å². The summed E-state index contributed by atoms with van der Waals surface area (Å²) in [7, 11) is 0. The van der Waals surface area contributed by atoms with E-state index in [1.165, 1.54) is 25.9 Å². The van der Waals surface area contributed by atoms with Gasteiger partial charge in [-0.15, -0.1) is 6.04 Å². The summed E-state index contributed by atoms with van der Waals surface area (Å²) in [5.74, 6) is 0.794. The third kappa shape index (κ3) is 6.23. The van der Waals surface area contributed by atoms with Gasteiger partial charge in [0.2, 0.25) is 0 Å². The Kier molecular flexibility index (Phi) is 10.5. The standard InChI is InChI=1S/C9H18N.C2H5.Be/c1-8(2)7-10-6-4-5-9(10)3;1-2;/h8-9H,3-7H2,1-2H3;1H2,2H3;/q2*-1;+2. The molecule has 0 radical (unpaired) electrons. The van der Waals surface area contributed by atoms with Crippen LogP contribution in [0, 0.1) is 19.8 Å². The van der Waals surface area contributed by atoms with E-state index in [-0.39, 0.29) is 10.1 Å². The molecule has 13 heavy (non-hydrogen) atoms. The Balaban J connectivity index is 0. The first-order chi connectivity index (χ1) is 5.70. The molecule has 0 aliphatic carbocycles. The fourth-order valence-electron chi connectivity index (χ4n) is 1.60. The minimum Gasteiger partial charge on any atom is -0.346 e. The van der Waals surface area contributed by atoms with Crippen LogP contribution in [0.2, 0.25) is 0 Å². The van der Waals surface area contributed by atoms with E-state index in [1.54, 1.807) is 6.92 Å². The number of rotatable bonds is 2. The van der Waals surface area contributed by atoms with Crippen molar-refractivity contribution in [3.05, 3.63) is 13.8 Å². The van der Waals surface area contributed by atoms with Gasteiger partial charge in [-0.2, -0.15) is 6.92 Å². The molecule has 1 aliphatic heterocycles. The van der Waals surface area contributed by atoms with Crippen LogP contribution < -0.4 is 0 Å². The average molecular weight is 178 g/mol. The Morgan fingerprint density at radius 3 is 2.23 bits per heavy atom. The van der Waals surface area contributed by atoms with E-state index >= 15 is 0 Å². The molecule has 1 atom stereocenters. The molecule has 0 aromatic carbocycles. The molecule has 0 bridgehead atoms. The molecule has 1 aliphatic rings. The van der Waals surface area contributed by atoms with E-state index in [1.807, 2.05) is 0 Å². The molecule has 74 valence electrons. The topological polar surface area (TPSA) is 3.24 Å². The molecule has 2 heteroatoms. The van der Waals surface area contributed by atoms with Crippen LogP contribution in [0.15, 0.2) is 0 Å². The number of nitrogens with zero attached hydrogens (tertiary/aromatic N) is 1. The molecular formula is C11H23BeN. The third-order valence-corrected chi connectivity index (χ3v) is 2.10. The average Bonchev–Trinajstić information content (AvgIpc) is 2.40. The van der Waals surface area contributed by atoms with Crippen molar-refractivity contribution in [2.75, 3.05) is 13.1 Å². The van der Waals surface area contributed by atoms with Gasteiger partial charge in [0, 0.05) is 0 Å². The molecular weight excluding hydrogens is 155 g/mol. The van der Waals surface area contributed by atoms with Gasteiger partial charge in [0.15, 0.2) is 0 Å².